The van der Waals surface area contributed by atoms with Gasteiger partial charge in [-0.15, -0.1) is 0 Å². The molecule has 5 unspecified atom stereocenters. The number of carbonyl (C=O) groups is 4. The standard InChI is InChI=1S/C24H34N6O7/c1-3-13(2)20(30-21(33)17(25)9-15-10-26-12-27-15)23(35)29-19(11-31)22(34)28-18(24(36)37)8-14-4-6-16(32)7-5-14/h4-7,10,12-13,17-20,31-32H,3,8-9,11,25H2,1-2H3,(H,26,27)(H,28,34)(H,29,35)(H,30,33)(H,36,37). The third kappa shape index (κ3) is 8.88. The third-order valence-electron chi connectivity index (χ3n) is 5.93. The first-order valence-corrected chi connectivity index (χ1v) is 11.8. The number of nitrogens with one attached hydrogen (secondary N) is 4. The largest absolute Gasteiger partial charge is 0.508 e. The first kappa shape index (κ1) is 29.3. The molecule has 1 heterocycles. The van der Waals surface area contributed by atoms with Crippen LogP contribution in [0.15, 0.2) is 36.8 Å². The van der Waals surface area contributed by atoms with Crippen LogP contribution in [0.1, 0.15) is 31.5 Å². The second kappa shape index (κ2) is 13.9. The van der Waals surface area contributed by atoms with Gasteiger partial charge in [-0.05, 0) is 23.6 Å². The fourth-order valence-electron chi connectivity index (χ4n) is 3.48. The summed E-state index contributed by atoms with van der Waals surface area (Å²) in [5.41, 5.74) is 7.15. The monoisotopic (exact) mass is 518 g/mol. The molecule has 13 heteroatoms. The van der Waals surface area contributed by atoms with Crippen molar-refractivity contribution >= 4 is 23.7 Å². The molecule has 3 amide bonds. The van der Waals surface area contributed by atoms with Crippen molar-refractivity contribution in [1.82, 2.24) is 25.9 Å². The van der Waals surface area contributed by atoms with Crippen LogP contribution in [-0.4, -0.2) is 79.8 Å². The lowest BCUT2D eigenvalue weighted by Crippen LogP contribution is -2.59. The summed E-state index contributed by atoms with van der Waals surface area (Å²) in [6.45, 7) is 2.75. The van der Waals surface area contributed by atoms with Crippen LogP contribution in [-0.2, 0) is 32.0 Å². The van der Waals surface area contributed by atoms with E-state index in [9.17, 15) is 34.5 Å². The molecular formula is C24H34N6O7. The molecule has 0 bridgehead atoms. The van der Waals surface area contributed by atoms with E-state index in [-0.39, 0.29) is 24.5 Å². The molecule has 37 heavy (non-hydrogen) atoms. The minimum absolute atomic E-state index is 0.00735. The summed E-state index contributed by atoms with van der Waals surface area (Å²) in [5.74, 6) is -3.87. The predicted molar refractivity (Wildman–Crippen MR) is 132 cm³/mol. The Morgan fingerprint density at radius 2 is 1.65 bits per heavy atom. The number of H-pyrrole nitrogens is 1. The Kier molecular flexibility index (Phi) is 11.0. The second-order valence-electron chi connectivity index (χ2n) is 8.77. The van der Waals surface area contributed by atoms with E-state index in [2.05, 4.69) is 25.9 Å². The summed E-state index contributed by atoms with van der Waals surface area (Å²) in [4.78, 5) is 56.8. The number of nitrogens with zero attached hydrogens (tertiary/aromatic N) is 1. The number of benzene rings is 1. The number of rotatable bonds is 14. The Labute approximate surface area is 213 Å². The van der Waals surface area contributed by atoms with Crippen LogP contribution in [0.25, 0.3) is 0 Å². The highest BCUT2D eigenvalue weighted by molar-refractivity contribution is 5.94. The van der Waals surface area contributed by atoms with Gasteiger partial charge in [0, 0.05) is 24.7 Å². The molecule has 0 saturated heterocycles. The lowest BCUT2D eigenvalue weighted by atomic mass is 9.97. The molecule has 0 fully saturated rings. The van der Waals surface area contributed by atoms with Crippen molar-refractivity contribution in [3.63, 3.8) is 0 Å². The number of phenolic OH excluding ortho intramolecular Hbond substituents is 1. The average Bonchev–Trinajstić information content (AvgIpc) is 3.38. The second-order valence-corrected chi connectivity index (χ2v) is 8.77. The van der Waals surface area contributed by atoms with Gasteiger partial charge >= 0.3 is 5.97 Å². The Balaban J connectivity index is 2.05. The molecule has 0 spiro atoms. The number of carboxylic acid groups (broad SMARTS) is 1. The Bertz CT molecular complexity index is 1040. The molecule has 2 aromatic rings. The van der Waals surface area contributed by atoms with Gasteiger partial charge in [0.05, 0.1) is 19.0 Å². The first-order valence-electron chi connectivity index (χ1n) is 11.8. The molecule has 202 valence electrons. The van der Waals surface area contributed by atoms with Crippen molar-refractivity contribution < 1.29 is 34.5 Å². The Hall–Kier alpha value is -3.97. The number of imidazole rings is 1. The third-order valence-corrected chi connectivity index (χ3v) is 5.93. The van der Waals surface area contributed by atoms with Gasteiger partial charge in [0.25, 0.3) is 0 Å². The van der Waals surface area contributed by atoms with E-state index in [0.717, 1.165) is 0 Å². The zero-order chi connectivity index (χ0) is 27.5. The predicted octanol–water partition coefficient (Wildman–Crippen LogP) is -1.19. The van der Waals surface area contributed by atoms with Crippen LogP contribution in [0.4, 0.5) is 0 Å². The molecule has 13 nitrogen and oxygen atoms in total. The smallest absolute Gasteiger partial charge is 0.326 e. The number of hydrogen-bond acceptors (Lipinski definition) is 8. The number of aromatic nitrogens is 2. The van der Waals surface area contributed by atoms with E-state index in [1.807, 2.05) is 6.92 Å². The highest BCUT2D eigenvalue weighted by atomic mass is 16.4. The van der Waals surface area contributed by atoms with Crippen molar-refractivity contribution in [2.75, 3.05) is 6.61 Å². The molecule has 2 rings (SSSR count). The van der Waals surface area contributed by atoms with Gasteiger partial charge in [0.2, 0.25) is 17.7 Å². The lowest BCUT2D eigenvalue weighted by molar-refractivity contribution is -0.142. The van der Waals surface area contributed by atoms with Crippen molar-refractivity contribution in [2.45, 2.75) is 57.3 Å². The Morgan fingerprint density at radius 1 is 1.00 bits per heavy atom. The van der Waals surface area contributed by atoms with E-state index in [1.165, 1.54) is 36.8 Å². The summed E-state index contributed by atoms with van der Waals surface area (Å²) in [7, 11) is 0. The summed E-state index contributed by atoms with van der Waals surface area (Å²) in [5, 5.41) is 36.0. The molecule has 0 aliphatic heterocycles. The average molecular weight is 519 g/mol. The molecule has 0 aliphatic rings. The molecule has 1 aromatic carbocycles. The number of aromatic amines is 1. The summed E-state index contributed by atoms with van der Waals surface area (Å²) in [6, 6.07) is 0.962. The zero-order valence-corrected chi connectivity index (χ0v) is 20.7. The lowest BCUT2D eigenvalue weighted by Gasteiger charge is -2.27. The minimum atomic E-state index is -1.46. The maximum atomic E-state index is 13.0. The number of aromatic hydroxyl groups is 1. The summed E-state index contributed by atoms with van der Waals surface area (Å²) < 4.78 is 0. The zero-order valence-electron chi connectivity index (χ0n) is 20.7. The van der Waals surface area contributed by atoms with Gasteiger partial charge in [-0.25, -0.2) is 9.78 Å². The van der Waals surface area contributed by atoms with Crippen LogP contribution in [0.3, 0.4) is 0 Å². The molecule has 1 aromatic heterocycles. The number of carbonyl (C=O) groups excluding carboxylic acids is 3. The number of amides is 3. The fraction of sp³-hybridized carbons (Fsp3) is 0.458. The summed E-state index contributed by atoms with van der Waals surface area (Å²) >= 11 is 0. The molecule has 0 radical (unpaired) electrons. The van der Waals surface area contributed by atoms with Gasteiger partial charge in [-0.3, -0.25) is 14.4 Å². The molecular weight excluding hydrogens is 484 g/mol. The number of hydrogen-bond donors (Lipinski definition) is 8. The van der Waals surface area contributed by atoms with Gasteiger partial charge in [-0.2, -0.15) is 0 Å². The van der Waals surface area contributed by atoms with Crippen molar-refractivity contribution in [2.24, 2.45) is 11.7 Å². The van der Waals surface area contributed by atoms with E-state index in [1.54, 1.807) is 6.92 Å². The van der Waals surface area contributed by atoms with E-state index in [0.29, 0.717) is 17.7 Å². The fourth-order valence-corrected chi connectivity index (χ4v) is 3.48. The highest BCUT2D eigenvalue weighted by Crippen LogP contribution is 2.12. The van der Waals surface area contributed by atoms with Crippen LogP contribution in [0.2, 0.25) is 0 Å². The van der Waals surface area contributed by atoms with Crippen molar-refractivity contribution in [3.8, 4) is 5.75 Å². The van der Waals surface area contributed by atoms with Crippen LogP contribution in [0, 0.1) is 5.92 Å². The van der Waals surface area contributed by atoms with Crippen LogP contribution in [0.5, 0.6) is 5.75 Å². The number of aliphatic carboxylic acids is 1. The maximum Gasteiger partial charge on any atom is 0.326 e. The number of phenols is 1. The number of nitrogens with two attached hydrogens (primary N) is 1. The SMILES string of the molecule is CCC(C)C(NC(=O)C(N)Cc1cnc[nH]1)C(=O)NC(CO)C(=O)NC(Cc1ccc(O)cc1)C(=O)O. The summed E-state index contributed by atoms with van der Waals surface area (Å²) in [6.07, 6.45) is 3.57. The topological polar surface area (TPSA) is 220 Å². The quantitative estimate of drug-likeness (QED) is 0.150. The molecule has 0 aliphatic carbocycles. The van der Waals surface area contributed by atoms with Gasteiger partial charge < -0.3 is 42.0 Å². The van der Waals surface area contributed by atoms with Gasteiger partial charge in [0.1, 0.15) is 23.9 Å². The van der Waals surface area contributed by atoms with Crippen LogP contribution >= 0.6 is 0 Å². The molecule has 9 N–H and O–H groups in total. The maximum absolute atomic E-state index is 13.0. The minimum Gasteiger partial charge on any atom is -0.508 e. The van der Waals surface area contributed by atoms with Crippen LogP contribution < -0.4 is 21.7 Å². The normalized spacial score (nSPS) is 15.0. The van der Waals surface area contributed by atoms with Gasteiger partial charge in [0.15, 0.2) is 0 Å². The molecule has 5 atom stereocenters. The molecule has 0 saturated carbocycles. The van der Waals surface area contributed by atoms with Gasteiger partial charge in [-0.1, -0.05) is 32.4 Å². The number of carboxylic acids is 1. The van der Waals surface area contributed by atoms with E-state index in [4.69, 9.17) is 5.73 Å². The number of aliphatic hydroxyl groups is 1. The van der Waals surface area contributed by atoms with Crippen molar-refractivity contribution in [1.29, 1.82) is 0 Å². The van der Waals surface area contributed by atoms with E-state index < -0.39 is 54.5 Å². The van der Waals surface area contributed by atoms with E-state index >= 15 is 0 Å². The number of aliphatic hydroxyl groups excluding tert-OH is 1. The highest BCUT2D eigenvalue weighted by Gasteiger charge is 2.32. The first-order chi connectivity index (χ1) is 17.5. The van der Waals surface area contributed by atoms with Crippen molar-refractivity contribution in [3.05, 3.63) is 48.0 Å². The Morgan fingerprint density at radius 3 is 2.19 bits per heavy atom.